The van der Waals surface area contributed by atoms with Crippen molar-refractivity contribution in [3.8, 4) is 28.4 Å². The maximum Gasteiger partial charge on any atom is 0.244 e. The fourth-order valence-electron chi connectivity index (χ4n) is 3.88. The van der Waals surface area contributed by atoms with Crippen LogP contribution in [0.15, 0.2) is 71.4 Å². The molecule has 6 nitrogen and oxygen atoms in total. The quantitative estimate of drug-likeness (QED) is 0.285. The average molecular weight is 492 g/mol. The topological polar surface area (TPSA) is 69.9 Å². The van der Waals surface area contributed by atoms with Crippen molar-refractivity contribution in [3.63, 3.8) is 0 Å². The number of fused-ring (bicyclic) bond motifs is 1. The van der Waals surface area contributed by atoms with Crippen molar-refractivity contribution in [1.82, 2.24) is 5.32 Å². The number of hydrogen-bond acceptors (Lipinski definition) is 5. The van der Waals surface area contributed by atoms with Gasteiger partial charge in [-0.2, -0.15) is 0 Å². The molecule has 0 saturated carbocycles. The second kappa shape index (κ2) is 10.6. The normalized spacial score (nSPS) is 11.4. The van der Waals surface area contributed by atoms with Crippen LogP contribution >= 0.6 is 11.6 Å². The third kappa shape index (κ3) is 5.28. The number of methoxy groups -OCH3 is 3. The number of carbonyl (C=O) groups is 1. The van der Waals surface area contributed by atoms with Gasteiger partial charge in [-0.3, -0.25) is 4.79 Å². The zero-order chi connectivity index (χ0) is 24.9. The van der Waals surface area contributed by atoms with E-state index in [1.54, 1.807) is 45.8 Å². The van der Waals surface area contributed by atoms with Crippen LogP contribution in [0.5, 0.6) is 17.2 Å². The molecule has 35 heavy (non-hydrogen) atoms. The number of carbonyl (C=O) groups excluding carboxylic acids is 1. The lowest BCUT2D eigenvalue weighted by Crippen LogP contribution is -2.20. The first kappa shape index (κ1) is 24.2. The van der Waals surface area contributed by atoms with Crippen LogP contribution in [-0.4, -0.2) is 27.2 Å². The van der Waals surface area contributed by atoms with Crippen LogP contribution in [0.25, 0.3) is 27.7 Å². The van der Waals surface area contributed by atoms with E-state index < -0.39 is 0 Å². The monoisotopic (exact) mass is 491 g/mol. The summed E-state index contributed by atoms with van der Waals surface area (Å²) in [6, 6.07) is 16.7. The van der Waals surface area contributed by atoms with Gasteiger partial charge in [0.2, 0.25) is 5.91 Å². The molecule has 7 heteroatoms. The highest BCUT2D eigenvalue weighted by atomic mass is 35.5. The van der Waals surface area contributed by atoms with E-state index in [4.69, 9.17) is 30.2 Å². The van der Waals surface area contributed by atoms with Gasteiger partial charge in [0.1, 0.15) is 22.8 Å². The number of hydrogen-bond donors (Lipinski definition) is 1. The van der Waals surface area contributed by atoms with Crippen LogP contribution in [0.4, 0.5) is 0 Å². The molecule has 0 aliphatic rings. The first-order valence-electron chi connectivity index (χ1n) is 11.0. The largest absolute Gasteiger partial charge is 0.497 e. The number of allylic oxidation sites excluding steroid dienone is 1. The van der Waals surface area contributed by atoms with Crippen molar-refractivity contribution in [3.05, 3.63) is 83.1 Å². The number of benzene rings is 3. The van der Waals surface area contributed by atoms with E-state index in [0.29, 0.717) is 34.4 Å². The minimum absolute atomic E-state index is 0.207. The number of halogens is 1. The van der Waals surface area contributed by atoms with Crippen molar-refractivity contribution in [2.45, 2.75) is 13.5 Å². The minimum atomic E-state index is -0.207. The number of furan rings is 1. The molecule has 1 amide bonds. The van der Waals surface area contributed by atoms with Crippen LogP contribution in [0, 0.1) is 0 Å². The van der Waals surface area contributed by atoms with Gasteiger partial charge in [-0.05, 0) is 54.5 Å². The zero-order valence-electron chi connectivity index (χ0n) is 20.0. The molecule has 0 spiro atoms. The Bertz CT molecular complexity index is 1390. The summed E-state index contributed by atoms with van der Waals surface area (Å²) in [4.78, 5) is 12.6. The Morgan fingerprint density at radius 2 is 1.69 bits per heavy atom. The van der Waals surface area contributed by atoms with Gasteiger partial charge in [-0.25, -0.2) is 0 Å². The lowest BCUT2D eigenvalue weighted by molar-refractivity contribution is -0.116. The predicted molar refractivity (Wildman–Crippen MR) is 138 cm³/mol. The Hall–Kier alpha value is -3.90. The van der Waals surface area contributed by atoms with Gasteiger partial charge in [0.15, 0.2) is 0 Å². The maximum atomic E-state index is 12.6. The number of ether oxygens (including phenoxy) is 3. The molecule has 4 aromatic rings. The van der Waals surface area contributed by atoms with Crippen LogP contribution < -0.4 is 19.5 Å². The van der Waals surface area contributed by atoms with Crippen molar-refractivity contribution in [2.24, 2.45) is 0 Å². The summed E-state index contributed by atoms with van der Waals surface area (Å²) in [7, 11) is 4.83. The minimum Gasteiger partial charge on any atom is -0.497 e. The van der Waals surface area contributed by atoms with E-state index >= 15 is 0 Å². The standard InChI is InChI=1S/C28H26ClNO5/c1-17(11-28(31)30-15-18-5-7-19(29)8-6-18)21-13-23-24(16-35-27(23)14-26(21)34-4)22-12-20(32-2)9-10-25(22)33-3/h5-14,16H,15H2,1-4H3,(H,30,31)/b17-11+. The van der Waals surface area contributed by atoms with Crippen molar-refractivity contribution >= 4 is 34.1 Å². The molecule has 1 heterocycles. The lowest BCUT2D eigenvalue weighted by atomic mass is 9.98. The fourth-order valence-corrected chi connectivity index (χ4v) is 4.01. The van der Waals surface area contributed by atoms with E-state index in [9.17, 15) is 4.79 Å². The van der Waals surface area contributed by atoms with Gasteiger partial charge in [-0.1, -0.05) is 23.7 Å². The first-order valence-corrected chi connectivity index (χ1v) is 11.3. The highest BCUT2D eigenvalue weighted by Crippen LogP contribution is 2.41. The molecule has 1 aromatic heterocycles. The highest BCUT2D eigenvalue weighted by molar-refractivity contribution is 6.30. The molecule has 0 saturated heterocycles. The summed E-state index contributed by atoms with van der Waals surface area (Å²) in [6.07, 6.45) is 3.24. The van der Waals surface area contributed by atoms with Crippen molar-refractivity contribution in [2.75, 3.05) is 21.3 Å². The number of nitrogens with one attached hydrogen (secondary N) is 1. The van der Waals surface area contributed by atoms with Crippen LogP contribution in [0.2, 0.25) is 5.02 Å². The molecule has 0 aliphatic carbocycles. The van der Waals surface area contributed by atoms with Gasteiger partial charge in [0.25, 0.3) is 0 Å². The van der Waals surface area contributed by atoms with E-state index in [0.717, 1.165) is 33.2 Å². The molecule has 0 atom stereocenters. The van der Waals surface area contributed by atoms with Crippen molar-refractivity contribution in [1.29, 1.82) is 0 Å². The number of rotatable bonds is 8. The smallest absolute Gasteiger partial charge is 0.244 e. The van der Waals surface area contributed by atoms with Crippen LogP contribution in [-0.2, 0) is 11.3 Å². The van der Waals surface area contributed by atoms with Gasteiger partial charge < -0.3 is 23.9 Å². The third-order valence-corrected chi connectivity index (χ3v) is 6.00. The molecular weight excluding hydrogens is 466 g/mol. The van der Waals surface area contributed by atoms with Crippen LogP contribution in [0.1, 0.15) is 18.1 Å². The molecular formula is C28H26ClNO5. The SMILES string of the molecule is COc1ccc(OC)c(-c2coc3cc(OC)c(/C(C)=C/C(=O)NCc4ccc(Cl)cc4)cc23)c1. The molecule has 1 N–H and O–H groups in total. The second-order valence-electron chi connectivity index (χ2n) is 7.94. The summed E-state index contributed by atoms with van der Waals surface area (Å²) in [5, 5.41) is 4.42. The molecule has 0 aliphatic heterocycles. The summed E-state index contributed by atoms with van der Waals surface area (Å²) >= 11 is 5.93. The van der Waals surface area contributed by atoms with E-state index in [-0.39, 0.29) is 5.91 Å². The zero-order valence-corrected chi connectivity index (χ0v) is 20.7. The van der Waals surface area contributed by atoms with Crippen LogP contribution in [0.3, 0.4) is 0 Å². The Kier molecular flexibility index (Phi) is 7.32. The average Bonchev–Trinajstić information content (AvgIpc) is 3.29. The van der Waals surface area contributed by atoms with Gasteiger partial charge >= 0.3 is 0 Å². The van der Waals surface area contributed by atoms with Gasteiger partial charge in [-0.15, -0.1) is 0 Å². The summed E-state index contributed by atoms with van der Waals surface area (Å²) in [6.45, 7) is 2.27. The molecule has 180 valence electrons. The molecule has 3 aromatic carbocycles. The summed E-state index contributed by atoms with van der Waals surface area (Å²) < 4.78 is 22.4. The van der Waals surface area contributed by atoms with Gasteiger partial charge in [0.05, 0.1) is 27.6 Å². The van der Waals surface area contributed by atoms with Gasteiger partial charge in [0, 0.05) is 45.8 Å². The van der Waals surface area contributed by atoms with E-state index in [1.807, 2.05) is 49.4 Å². The molecule has 0 fully saturated rings. The first-order chi connectivity index (χ1) is 16.9. The Labute approximate surface area is 209 Å². The molecule has 0 unspecified atom stereocenters. The lowest BCUT2D eigenvalue weighted by Gasteiger charge is -2.12. The van der Waals surface area contributed by atoms with E-state index in [1.165, 1.54) is 0 Å². The summed E-state index contributed by atoms with van der Waals surface area (Å²) in [5.41, 5.74) is 4.84. The molecule has 0 bridgehead atoms. The van der Waals surface area contributed by atoms with E-state index in [2.05, 4.69) is 5.32 Å². The van der Waals surface area contributed by atoms with Crippen molar-refractivity contribution < 1.29 is 23.4 Å². The third-order valence-electron chi connectivity index (χ3n) is 5.74. The highest BCUT2D eigenvalue weighted by Gasteiger charge is 2.18. The predicted octanol–water partition coefficient (Wildman–Crippen LogP) is 6.50. The Morgan fingerprint density at radius 1 is 0.943 bits per heavy atom. The maximum absolute atomic E-state index is 12.6. The molecule has 4 rings (SSSR count). The number of amides is 1. The second-order valence-corrected chi connectivity index (χ2v) is 8.37. The Balaban J connectivity index is 1.68. The molecule has 0 radical (unpaired) electrons. The Morgan fingerprint density at radius 3 is 2.37 bits per heavy atom. The summed E-state index contributed by atoms with van der Waals surface area (Å²) in [5.74, 6) is 1.80. The fraction of sp³-hybridized carbons (Fsp3) is 0.179.